The van der Waals surface area contributed by atoms with Crippen LogP contribution >= 0.6 is 31.9 Å². The van der Waals surface area contributed by atoms with Gasteiger partial charge in [-0.15, -0.1) is 0 Å². The summed E-state index contributed by atoms with van der Waals surface area (Å²) >= 11 is 6.84. The van der Waals surface area contributed by atoms with Crippen molar-refractivity contribution in [3.05, 3.63) is 26.6 Å². The number of halogens is 2. The van der Waals surface area contributed by atoms with Crippen LogP contribution in [0, 0.1) is 12.8 Å². The predicted molar refractivity (Wildman–Crippen MR) is 87.5 cm³/mol. The summed E-state index contributed by atoms with van der Waals surface area (Å²) in [4.78, 5) is 22.9. The van der Waals surface area contributed by atoms with Crippen molar-refractivity contribution in [3.8, 4) is 0 Å². The molecule has 2 rings (SSSR count). The van der Waals surface area contributed by atoms with E-state index in [9.17, 15) is 9.59 Å². The molecule has 0 bridgehead atoms. The van der Waals surface area contributed by atoms with Gasteiger partial charge in [-0.2, -0.15) is 0 Å². The molecule has 21 heavy (non-hydrogen) atoms. The lowest BCUT2D eigenvalue weighted by molar-refractivity contribution is -0.141. The summed E-state index contributed by atoms with van der Waals surface area (Å²) < 4.78 is 1.58. The first-order valence-electron chi connectivity index (χ1n) is 6.62. The highest BCUT2D eigenvalue weighted by Gasteiger charge is 2.30. The minimum atomic E-state index is -0.788. The van der Waals surface area contributed by atoms with Gasteiger partial charge in [0, 0.05) is 15.0 Å². The number of nitrogens with one attached hydrogen (secondary N) is 2. The number of carbonyl (C=O) groups is 2. The molecular formula is C14H16Br2N2O3. The molecular weight excluding hydrogens is 404 g/mol. The quantitative estimate of drug-likeness (QED) is 0.695. The average molecular weight is 420 g/mol. The second kappa shape index (κ2) is 6.79. The van der Waals surface area contributed by atoms with Crippen LogP contribution in [0.1, 0.15) is 24.8 Å². The smallest absolute Gasteiger partial charge is 0.319 e. The number of carbonyl (C=O) groups excluding carboxylic acids is 1. The molecule has 1 saturated carbocycles. The van der Waals surface area contributed by atoms with Gasteiger partial charge >= 0.3 is 12.0 Å². The van der Waals surface area contributed by atoms with Crippen LogP contribution < -0.4 is 10.6 Å². The van der Waals surface area contributed by atoms with Crippen LogP contribution in [0.4, 0.5) is 10.5 Å². The third-order valence-corrected chi connectivity index (χ3v) is 4.79. The molecule has 0 radical (unpaired) electrons. The first-order valence-corrected chi connectivity index (χ1v) is 8.21. The molecule has 5 nitrogen and oxygen atoms in total. The van der Waals surface area contributed by atoms with Gasteiger partial charge in [0.1, 0.15) is 0 Å². The Kier molecular flexibility index (Phi) is 5.27. The fraction of sp³-hybridized carbons (Fsp3) is 0.429. The number of benzene rings is 1. The second-order valence-electron chi connectivity index (χ2n) is 5.25. The van der Waals surface area contributed by atoms with Crippen LogP contribution in [0.3, 0.4) is 0 Å². The van der Waals surface area contributed by atoms with E-state index in [2.05, 4.69) is 42.5 Å². The molecule has 7 heteroatoms. The molecule has 1 aliphatic rings. The zero-order valence-electron chi connectivity index (χ0n) is 11.5. The number of anilines is 1. The Labute approximate surface area is 139 Å². The summed E-state index contributed by atoms with van der Waals surface area (Å²) in [6.45, 7) is 1.96. The zero-order valence-corrected chi connectivity index (χ0v) is 14.6. The van der Waals surface area contributed by atoms with Gasteiger partial charge in [0.25, 0.3) is 0 Å². The van der Waals surface area contributed by atoms with E-state index < -0.39 is 5.97 Å². The van der Waals surface area contributed by atoms with Crippen LogP contribution in [-0.2, 0) is 4.79 Å². The standard InChI is InChI=1S/C14H16Br2N2O3/c1-7-4-10(15)12(11(16)5-7)18-14(21)17-9-3-2-8(6-9)13(19)20/h4-5,8-9H,2-3,6H2,1H3,(H,19,20)(H2,17,18,21). The number of aryl methyl sites for hydroxylation is 1. The molecule has 1 fully saturated rings. The van der Waals surface area contributed by atoms with E-state index in [4.69, 9.17) is 5.11 Å². The maximum Gasteiger partial charge on any atom is 0.319 e. The van der Waals surface area contributed by atoms with Crippen molar-refractivity contribution in [2.75, 3.05) is 5.32 Å². The fourth-order valence-electron chi connectivity index (χ4n) is 2.49. The lowest BCUT2D eigenvalue weighted by Crippen LogP contribution is -2.36. The van der Waals surface area contributed by atoms with Crippen molar-refractivity contribution >= 4 is 49.5 Å². The SMILES string of the molecule is Cc1cc(Br)c(NC(=O)NC2CCC(C(=O)O)C2)c(Br)c1. The Morgan fingerprint density at radius 2 is 1.86 bits per heavy atom. The van der Waals surface area contributed by atoms with Gasteiger partial charge < -0.3 is 15.7 Å². The Hall–Kier alpha value is -1.08. The van der Waals surface area contributed by atoms with Crippen LogP contribution in [-0.4, -0.2) is 23.1 Å². The highest BCUT2D eigenvalue weighted by Crippen LogP contribution is 2.32. The predicted octanol–water partition coefficient (Wildman–Crippen LogP) is 3.89. The van der Waals surface area contributed by atoms with E-state index in [-0.39, 0.29) is 18.0 Å². The Morgan fingerprint density at radius 1 is 1.24 bits per heavy atom. The molecule has 2 atom stereocenters. The summed E-state index contributed by atoms with van der Waals surface area (Å²) in [5.74, 6) is -1.14. The minimum Gasteiger partial charge on any atom is -0.481 e. The highest BCUT2D eigenvalue weighted by atomic mass is 79.9. The van der Waals surface area contributed by atoms with E-state index in [1.165, 1.54) is 0 Å². The maximum absolute atomic E-state index is 12.0. The minimum absolute atomic E-state index is 0.0888. The third kappa shape index (κ3) is 4.20. The molecule has 0 saturated heterocycles. The number of hydrogen-bond acceptors (Lipinski definition) is 2. The number of carboxylic acid groups (broad SMARTS) is 1. The van der Waals surface area contributed by atoms with E-state index in [1.807, 2.05) is 19.1 Å². The molecule has 0 heterocycles. The van der Waals surface area contributed by atoms with Gasteiger partial charge in [-0.25, -0.2) is 4.79 Å². The fourth-order valence-corrected chi connectivity index (χ4v) is 4.10. The summed E-state index contributed by atoms with van der Waals surface area (Å²) in [7, 11) is 0. The number of carboxylic acids is 1. The van der Waals surface area contributed by atoms with Crippen molar-refractivity contribution in [1.82, 2.24) is 5.32 Å². The van der Waals surface area contributed by atoms with Gasteiger partial charge in [0.2, 0.25) is 0 Å². The van der Waals surface area contributed by atoms with Crippen molar-refractivity contribution in [1.29, 1.82) is 0 Å². The third-order valence-electron chi connectivity index (χ3n) is 3.54. The molecule has 3 N–H and O–H groups in total. The van der Waals surface area contributed by atoms with Crippen molar-refractivity contribution in [3.63, 3.8) is 0 Å². The van der Waals surface area contributed by atoms with Crippen LogP contribution in [0.25, 0.3) is 0 Å². The van der Waals surface area contributed by atoms with Crippen LogP contribution in [0.2, 0.25) is 0 Å². The normalized spacial score (nSPS) is 21.1. The Balaban J connectivity index is 1.96. The Bertz CT molecular complexity index is 554. The van der Waals surface area contributed by atoms with Gasteiger partial charge in [-0.3, -0.25) is 4.79 Å². The lowest BCUT2D eigenvalue weighted by atomic mass is 10.1. The lowest BCUT2D eigenvalue weighted by Gasteiger charge is -2.15. The van der Waals surface area contributed by atoms with Gasteiger partial charge in [-0.05, 0) is 75.7 Å². The van der Waals surface area contributed by atoms with E-state index in [1.54, 1.807) is 0 Å². The van der Waals surface area contributed by atoms with Gasteiger partial charge in [0.15, 0.2) is 0 Å². The molecule has 0 aliphatic heterocycles. The van der Waals surface area contributed by atoms with E-state index in [0.29, 0.717) is 24.9 Å². The monoisotopic (exact) mass is 418 g/mol. The zero-order chi connectivity index (χ0) is 15.6. The number of rotatable bonds is 3. The topological polar surface area (TPSA) is 78.4 Å². The molecule has 1 aromatic carbocycles. The van der Waals surface area contributed by atoms with Crippen molar-refractivity contribution in [2.45, 2.75) is 32.2 Å². The summed E-state index contributed by atoms with van der Waals surface area (Å²) in [6, 6.07) is 3.41. The molecule has 2 unspecified atom stereocenters. The molecule has 2 amide bonds. The van der Waals surface area contributed by atoms with E-state index >= 15 is 0 Å². The molecule has 0 spiro atoms. The summed E-state index contributed by atoms with van der Waals surface area (Å²) in [6.07, 6.45) is 1.79. The van der Waals surface area contributed by atoms with E-state index in [0.717, 1.165) is 14.5 Å². The first-order chi connectivity index (χ1) is 9.86. The maximum atomic E-state index is 12.0. The molecule has 114 valence electrons. The van der Waals surface area contributed by atoms with Crippen LogP contribution in [0.15, 0.2) is 21.1 Å². The number of aliphatic carboxylic acids is 1. The Morgan fingerprint density at radius 3 is 2.38 bits per heavy atom. The summed E-state index contributed by atoms with van der Waals surface area (Å²) in [5, 5.41) is 14.6. The average Bonchev–Trinajstić information content (AvgIpc) is 2.82. The van der Waals surface area contributed by atoms with Crippen molar-refractivity contribution < 1.29 is 14.7 Å². The van der Waals surface area contributed by atoms with Gasteiger partial charge in [0.05, 0.1) is 11.6 Å². The summed E-state index contributed by atoms with van der Waals surface area (Å²) in [5.41, 5.74) is 1.73. The van der Waals surface area contributed by atoms with Crippen LogP contribution in [0.5, 0.6) is 0 Å². The number of urea groups is 1. The number of hydrogen-bond donors (Lipinski definition) is 3. The largest absolute Gasteiger partial charge is 0.481 e. The molecule has 1 aromatic rings. The number of amides is 2. The second-order valence-corrected chi connectivity index (χ2v) is 6.96. The molecule has 0 aromatic heterocycles. The van der Waals surface area contributed by atoms with Gasteiger partial charge in [-0.1, -0.05) is 0 Å². The van der Waals surface area contributed by atoms with Crippen molar-refractivity contribution in [2.24, 2.45) is 5.92 Å². The highest BCUT2D eigenvalue weighted by molar-refractivity contribution is 9.11. The first kappa shape index (κ1) is 16.3. The molecule has 1 aliphatic carbocycles.